The number of halogens is 1. The summed E-state index contributed by atoms with van der Waals surface area (Å²) in [6, 6.07) is 19.3. The summed E-state index contributed by atoms with van der Waals surface area (Å²) in [5.41, 5.74) is 4.96. The molecule has 3 rings (SSSR count). The second-order valence-corrected chi connectivity index (χ2v) is 6.06. The van der Waals surface area contributed by atoms with Gasteiger partial charge in [-0.2, -0.15) is 0 Å². The minimum Gasteiger partial charge on any atom is -0.481 e. The molecule has 0 aliphatic rings. The normalized spacial score (nSPS) is 10.5. The van der Waals surface area contributed by atoms with Crippen molar-refractivity contribution in [2.45, 2.75) is 12.8 Å². The molecule has 1 heterocycles. The van der Waals surface area contributed by atoms with Crippen molar-refractivity contribution in [1.29, 1.82) is 0 Å². The molecule has 0 bridgehead atoms. The molecule has 1 aromatic heterocycles. The van der Waals surface area contributed by atoms with E-state index in [1.165, 1.54) is 0 Å². The Bertz CT molecular complexity index is 860. The van der Waals surface area contributed by atoms with Gasteiger partial charge in [-0.05, 0) is 47.4 Å². The van der Waals surface area contributed by atoms with Crippen LogP contribution in [0.15, 0.2) is 66.9 Å². The third-order valence-corrected chi connectivity index (χ3v) is 3.97. The lowest BCUT2D eigenvalue weighted by atomic mass is 10.0. The van der Waals surface area contributed by atoms with E-state index in [-0.39, 0.29) is 6.42 Å². The highest BCUT2D eigenvalue weighted by Gasteiger charge is 2.04. The third kappa shape index (κ3) is 4.21. The van der Waals surface area contributed by atoms with Crippen LogP contribution in [0.1, 0.15) is 16.7 Å². The number of benzene rings is 2. The van der Waals surface area contributed by atoms with Gasteiger partial charge in [-0.25, -0.2) is 0 Å². The Kier molecular flexibility index (Phi) is 4.92. The molecule has 0 aliphatic carbocycles. The van der Waals surface area contributed by atoms with E-state index in [1.54, 1.807) is 6.20 Å². The summed E-state index contributed by atoms with van der Waals surface area (Å²) >= 11 is 6.05. The Morgan fingerprint density at radius 3 is 2.42 bits per heavy atom. The Labute approximate surface area is 145 Å². The van der Waals surface area contributed by atoms with Crippen molar-refractivity contribution < 1.29 is 9.90 Å². The molecule has 0 unspecified atom stereocenters. The number of carboxylic acid groups (broad SMARTS) is 1. The molecule has 3 aromatic rings. The van der Waals surface area contributed by atoms with Crippen molar-refractivity contribution in [3.05, 3.63) is 88.6 Å². The first-order valence-corrected chi connectivity index (χ1v) is 7.98. The lowest BCUT2D eigenvalue weighted by Gasteiger charge is -2.06. The molecule has 0 fully saturated rings. The van der Waals surface area contributed by atoms with E-state index in [0.717, 1.165) is 34.4 Å². The first-order valence-electron chi connectivity index (χ1n) is 7.60. The second-order valence-electron chi connectivity index (χ2n) is 5.62. The van der Waals surface area contributed by atoms with Gasteiger partial charge in [-0.1, -0.05) is 48.0 Å². The van der Waals surface area contributed by atoms with Crippen LogP contribution >= 0.6 is 11.6 Å². The van der Waals surface area contributed by atoms with Crippen LogP contribution in [0.2, 0.25) is 5.02 Å². The van der Waals surface area contributed by atoms with Crippen LogP contribution in [0.4, 0.5) is 0 Å². The Morgan fingerprint density at radius 2 is 1.71 bits per heavy atom. The van der Waals surface area contributed by atoms with E-state index in [4.69, 9.17) is 16.7 Å². The number of pyridine rings is 1. The smallest absolute Gasteiger partial charge is 0.307 e. The summed E-state index contributed by atoms with van der Waals surface area (Å²) in [6.45, 7) is 0. The highest BCUT2D eigenvalue weighted by molar-refractivity contribution is 6.30. The number of hydrogen-bond acceptors (Lipinski definition) is 2. The number of aliphatic carboxylic acids is 1. The number of hydrogen-bond donors (Lipinski definition) is 1. The zero-order valence-corrected chi connectivity index (χ0v) is 13.7. The number of carboxylic acids is 1. The molecule has 0 radical (unpaired) electrons. The number of aromatic nitrogens is 1. The molecule has 1 N–H and O–H groups in total. The van der Waals surface area contributed by atoms with Crippen LogP contribution < -0.4 is 0 Å². The standard InChI is InChI=1S/C20H16ClNO2/c21-18-3-1-2-17(13-18)19-11-16(8-9-22-19)10-14-4-6-15(7-5-14)12-20(23)24/h1-9,11,13H,10,12H2,(H,23,24). The molecule has 0 spiro atoms. The lowest BCUT2D eigenvalue weighted by molar-refractivity contribution is -0.136. The molecule has 0 saturated heterocycles. The molecular formula is C20H16ClNO2. The van der Waals surface area contributed by atoms with Crippen LogP contribution in [0.25, 0.3) is 11.3 Å². The van der Waals surface area contributed by atoms with E-state index in [2.05, 4.69) is 11.1 Å². The molecule has 4 heteroatoms. The topological polar surface area (TPSA) is 50.2 Å². The van der Waals surface area contributed by atoms with Gasteiger partial charge >= 0.3 is 5.97 Å². The van der Waals surface area contributed by atoms with Gasteiger partial charge in [0.05, 0.1) is 12.1 Å². The van der Waals surface area contributed by atoms with E-state index in [9.17, 15) is 4.79 Å². The van der Waals surface area contributed by atoms with Crippen LogP contribution in [0.5, 0.6) is 0 Å². The molecule has 0 amide bonds. The third-order valence-electron chi connectivity index (χ3n) is 3.73. The zero-order valence-electron chi connectivity index (χ0n) is 12.9. The first-order chi connectivity index (χ1) is 11.6. The number of rotatable bonds is 5. The van der Waals surface area contributed by atoms with Crippen molar-refractivity contribution >= 4 is 17.6 Å². The maximum atomic E-state index is 10.7. The van der Waals surface area contributed by atoms with Gasteiger partial charge < -0.3 is 5.11 Å². The molecule has 2 aromatic carbocycles. The van der Waals surface area contributed by atoms with Crippen LogP contribution in [0.3, 0.4) is 0 Å². The number of carbonyl (C=O) groups is 1. The minimum atomic E-state index is -0.817. The predicted molar refractivity (Wildman–Crippen MR) is 95.3 cm³/mol. The number of nitrogens with zero attached hydrogens (tertiary/aromatic N) is 1. The highest BCUT2D eigenvalue weighted by Crippen LogP contribution is 2.22. The fourth-order valence-corrected chi connectivity index (χ4v) is 2.77. The lowest BCUT2D eigenvalue weighted by Crippen LogP contribution is -2.00. The van der Waals surface area contributed by atoms with Gasteiger partial charge in [-0.15, -0.1) is 0 Å². The summed E-state index contributed by atoms with van der Waals surface area (Å²) < 4.78 is 0. The fraction of sp³-hybridized carbons (Fsp3) is 0.100. The Hall–Kier alpha value is -2.65. The molecule has 0 aliphatic heterocycles. The largest absolute Gasteiger partial charge is 0.481 e. The monoisotopic (exact) mass is 337 g/mol. The van der Waals surface area contributed by atoms with Gasteiger partial charge in [0.25, 0.3) is 0 Å². The molecular weight excluding hydrogens is 322 g/mol. The summed E-state index contributed by atoms with van der Waals surface area (Å²) in [5.74, 6) is -0.817. The van der Waals surface area contributed by atoms with Crippen LogP contribution in [-0.2, 0) is 17.6 Å². The van der Waals surface area contributed by atoms with Gasteiger partial charge in [0.2, 0.25) is 0 Å². The summed E-state index contributed by atoms with van der Waals surface area (Å²) in [6.07, 6.45) is 2.61. The Morgan fingerprint density at radius 1 is 0.958 bits per heavy atom. The maximum Gasteiger partial charge on any atom is 0.307 e. The second kappa shape index (κ2) is 7.28. The average molecular weight is 338 g/mol. The summed E-state index contributed by atoms with van der Waals surface area (Å²) in [4.78, 5) is 15.1. The highest BCUT2D eigenvalue weighted by atomic mass is 35.5. The van der Waals surface area contributed by atoms with Gasteiger partial charge in [0, 0.05) is 16.8 Å². The molecule has 3 nitrogen and oxygen atoms in total. The maximum absolute atomic E-state index is 10.7. The predicted octanol–water partition coefficient (Wildman–Crippen LogP) is 4.62. The van der Waals surface area contributed by atoms with E-state index in [0.29, 0.717) is 5.02 Å². The molecule has 0 saturated carbocycles. The fourth-order valence-electron chi connectivity index (χ4n) is 2.58. The average Bonchev–Trinajstić information content (AvgIpc) is 2.56. The Balaban J connectivity index is 1.78. The summed E-state index contributed by atoms with van der Waals surface area (Å²) in [5, 5.41) is 9.50. The van der Waals surface area contributed by atoms with E-state index in [1.807, 2.05) is 54.6 Å². The zero-order chi connectivity index (χ0) is 16.9. The summed E-state index contributed by atoms with van der Waals surface area (Å²) in [7, 11) is 0. The van der Waals surface area contributed by atoms with E-state index >= 15 is 0 Å². The van der Waals surface area contributed by atoms with Gasteiger partial charge in [-0.3, -0.25) is 9.78 Å². The minimum absolute atomic E-state index is 0.0501. The van der Waals surface area contributed by atoms with Crippen molar-refractivity contribution in [1.82, 2.24) is 4.98 Å². The van der Waals surface area contributed by atoms with Crippen molar-refractivity contribution in [2.75, 3.05) is 0 Å². The van der Waals surface area contributed by atoms with Crippen molar-refractivity contribution in [3.63, 3.8) is 0 Å². The van der Waals surface area contributed by atoms with Gasteiger partial charge in [0.15, 0.2) is 0 Å². The van der Waals surface area contributed by atoms with E-state index < -0.39 is 5.97 Å². The van der Waals surface area contributed by atoms with Crippen LogP contribution in [-0.4, -0.2) is 16.1 Å². The van der Waals surface area contributed by atoms with Gasteiger partial charge in [0.1, 0.15) is 0 Å². The quantitative estimate of drug-likeness (QED) is 0.739. The van der Waals surface area contributed by atoms with Crippen molar-refractivity contribution in [2.24, 2.45) is 0 Å². The molecule has 24 heavy (non-hydrogen) atoms. The molecule has 120 valence electrons. The van der Waals surface area contributed by atoms with Crippen LogP contribution in [0, 0.1) is 0 Å². The SMILES string of the molecule is O=C(O)Cc1ccc(Cc2ccnc(-c3cccc(Cl)c3)c2)cc1. The van der Waals surface area contributed by atoms with Crippen molar-refractivity contribution in [3.8, 4) is 11.3 Å². The molecule has 0 atom stereocenters. The first kappa shape index (κ1) is 16.2.